The zero-order valence-electron chi connectivity index (χ0n) is 33.0. The van der Waals surface area contributed by atoms with E-state index in [-0.39, 0.29) is 5.54 Å². The minimum Gasteiger partial charge on any atom is -0.508 e. The highest BCUT2D eigenvalue weighted by Crippen LogP contribution is 2.73. The van der Waals surface area contributed by atoms with Crippen LogP contribution in [0.4, 0.5) is 0 Å². The second-order valence-corrected chi connectivity index (χ2v) is 24.0. The van der Waals surface area contributed by atoms with Gasteiger partial charge in [0.1, 0.15) is 5.75 Å². The minimum absolute atomic E-state index is 0.154. The Morgan fingerprint density at radius 1 is 0.792 bits per heavy atom. The van der Waals surface area contributed by atoms with Crippen LogP contribution in [-0.2, 0) is 19.4 Å². The summed E-state index contributed by atoms with van der Waals surface area (Å²) in [6.07, 6.45) is 34.0. The fraction of sp³-hybridized carbons (Fsp3) is 0.714. The number of phenols is 1. The number of rotatable bonds is 0. The summed E-state index contributed by atoms with van der Waals surface area (Å²) in [6, 6.07) is 15.8. The van der Waals surface area contributed by atoms with Crippen molar-refractivity contribution in [1.82, 2.24) is 5.32 Å². The van der Waals surface area contributed by atoms with E-state index in [2.05, 4.69) is 95.4 Å². The van der Waals surface area contributed by atoms with Crippen molar-refractivity contribution in [1.29, 1.82) is 0 Å². The molecule has 4 heteroatoms. The van der Waals surface area contributed by atoms with Gasteiger partial charge in [-0.2, -0.15) is 0 Å². The molecule has 4 spiro atoms. The average molecular weight is 750 g/mol. The van der Waals surface area contributed by atoms with E-state index < -0.39 is 0 Å². The third kappa shape index (κ3) is 6.81. The van der Waals surface area contributed by atoms with Crippen LogP contribution in [0.1, 0.15) is 152 Å². The molecule has 2 aliphatic heterocycles. The normalized spacial score (nSPS) is 43.4. The molecular weight excluding hydrogens is 683 g/mol. The van der Waals surface area contributed by atoms with E-state index in [1.54, 1.807) is 12.8 Å². The third-order valence-corrected chi connectivity index (χ3v) is 20.7. The number of hydrogen-bond donors (Lipinski definition) is 2. The molecule has 0 unspecified atom stereocenters. The summed E-state index contributed by atoms with van der Waals surface area (Å²) in [5.41, 5.74) is 7.90. The predicted molar refractivity (Wildman–Crippen MR) is 225 cm³/mol. The topological polar surface area (TPSA) is 32.3 Å². The lowest BCUT2D eigenvalue weighted by atomic mass is 9.44. The summed E-state index contributed by atoms with van der Waals surface area (Å²) in [5.74, 6) is 5.54. The van der Waals surface area contributed by atoms with Crippen LogP contribution in [0.3, 0.4) is 0 Å². The van der Waals surface area contributed by atoms with Crippen molar-refractivity contribution in [2.75, 3.05) is 5.75 Å². The number of fused-ring (bicyclic) bond motifs is 12. The molecular formula is C49H67NOS2. The van der Waals surface area contributed by atoms with Gasteiger partial charge in [0.2, 0.25) is 0 Å². The average Bonchev–Trinajstić information content (AvgIpc) is 3.79. The molecule has 2 N–H and O–H groups in total. The van der Waals surface area contributed by atoms with Gasteiger partial charge in [-0.05, 0) is 208 Å². The van der Waals surface area contributed by atoms with Crippen LogP contribution < -0.4 is 5.32 Å². The van der Waals surface area contributed by atoms with E-state index in [0.29, 0.717) is 33.3 Å². The van der Waals surface area contributed by atoms with Gasteiger partial charge in [0.05, 0.1) is 0 Å². The molecule has 8 aliphatic rings. The van der Waals surface area contributed by atoms with Crippen LogP contribution in [0.15, 0.2) is 54.6 Å². The number of benzene rings is 2. The minimum atomic E-state index is 0.154. The fourth-order valence-electron chi connectivity index (χ4n) is 15.4. The highest BCUT2D eigenvalue weighted by Gasteiger charge is 2.63. The van der Waals surface area contributed by atoms with E-state index in [4.69, 9.17) is 0 Å². The van der Waals surface area contributed by atoms with Crippen molar-refractivity contribution in [3.05, 3.63) is 76.9 Å². The Balaban J connectivity index is 1.04. The van der Waals surface area contributed by atoms with Crippen LogP contribution in [0, 0.1) is 51.2 Å². The number of phenolic OH excluding ortho intramolecular Hbond substituents is 1. The van der Waals surface area contributed by atoms with Gasteiger partial charge in [-0.1, -0.05) is 83.8 Å². The number of aromatic hydroxyl groups is 1. The van der Waals surface area contributed by atoms with E-state index in [1.165, 1.54) is 131 Å². The van der Waals surface area contributed by atoms with Crippen LogP contribution in [0.5, 0.6) is 5.75 Å². The Morgan fingerprint density at radius 2 is 1.57 bits per heavy atom. The molecule has 2 heterocycles. The standard InChI is InChI=1S/C49H67NOS2/c1-34-8-7-14-49(27-34)32-48(19-18-47(31-48)17-16-46(30-47)12-5-6-13-46)28-42-39-22-36-20-35(23-41(51)24-36)21-37-9-3-4-10-38(37)29-50-45(2)15-11-44(53-52-33-45)40(25-39)26-43(42)49/h3-4,7,9-10,14,20,23-24,34,39-40,42-44,50-51H,5-6,8,11-13,15-19,21-22,25-33H2,1-2H3/t34-,39-,40-,42-,43-,44+,45+,47-,48-,49-/m0/s1. The van der Waals surface area contributed by atoms with E-state index >= 15 is 0 Å². The highest BCUT2D eigenvalue weighted by atomic mass is 33.1. The smallest absolute Gasteiger partial charge is 0.116 e. The molecule has 53 heavy (non-hydrogen) atoms. The molecule has 0 aromatic heterocycles. The number of hydrogen-bond acceptors (Lipinski definition) is 4. The maximum atomic E-state index is 11.3. The molecule has 10 rings (SSSR count). The highest BCUT2D eigenvalue weighted by molar-refractivity contribution is 8.77. The summed E-state index contributed by atoms with van der Waals surface area (Å²) in [5, 5.41) is 16.1. The van der Waals surface area contributed by atoms with Crippen LogP contribution in [-0.4, -0.2) is 21.6 Å². The van der Waals surface area contributed by atoms with E-state index in [0.717, 1.165) is 48.3 Å². The SMILES string of the molecule is C[C@H]1CC=C[C@]2(C1)C[C@@]1(CC[C@]3(CCC4(CCCC4)C3)C1)C[C@H]1[C@H]3Cc4cc(O)cc(c4)Cc4ccccc4CN[C@]4(C)CC[C@@H](SSC4)[C@@H](C3)C[C@@H]12. The maximum Gasteiger partial charge on any atom is 0.116 e. The Morgan fingerprint density at radius 3 is 2.42 bits per heavy atom. The van der Waals surface area contributed by atoms with Crippen molar-refractivity contribution in [3.8, 4) is 5.75 Å². The molecule has 2 aromatic carbocycles. The maximum absolute atomic E-state index is 11.3. The number of allylic oxidation sites excluding steroid dienone is 2. The summed E-state index contributed by atoms with van der Waals surface area (Å²) in [4.78, 5) is 0. The molecule has 2 aromatic rings. The van der Waals surface area contributed by atoms with Crippen molar-refractivity contribution in [2.24, 2.45) is 51.2 Å². The quantitative estimate of drug-likeness (QED) is 0.208. The zero-order valence-corrected chi connectivity index (χ0v) is 34.6. The second-order valence-electron chi connectivity index (χ2n) is 21.4. The number of nitrogens with one attached hydrogen (secondary N) is 1. The summed E-state index contributed by atoms with van der Waals surface area (Å²) in [6.45, 7) is 6.01. The monoisotopic (exact) mass is 749 g/mol. The third-order valence-electron chi connectivity index (χ3n) is 17.5. The molecule has 0 amide bonds. The first-order valence-corrected chi connectivity index (χ1v) is 24.6. The van der Waals surface area contributed by atoms with E-state index in [9.17, 15) is 5.11 Å². The molecule has 6 bridgehead atoms. The lowest BCUT2D eigenvalue weighted by molar-refractivity contribution is -0.0871. The molecule has 1 saturated heterocycles. The molecule has 0 radical (unpaired) electrons. The van der Waals surface area contributed by atoms with Gasteiger partial charge in [-0.25, -0.2) is 0 Å². The lowest BCUT2D eigenvalue weighted by Crippen LogP contribution is -2.53. The van der Waals surface area contributed by atoms with Crippen LogP contribution in [0.2, 0.25) is 0 Å². The van der Waals surface area contributed by atoms with Gasteiger partial charge in [0.25, 0.3) is 0 Å². The second kappa shape index (κ2) is 13.6. The lowest BCUT2D eigenvalue weighted by Gasteiger charge is -2.61. The van der Waals surface area contributed by atoms with Gasteiger partial charge in [-0.3, -0.25) is 0 Å². The Labute approximate surface area is 329 Å². The molecule has 10 atom stereocenters. The molecule has 6 fully saturated rings. The largest absolute Gasteiger partial charge is 0.508 e. The Hall–Kier alpha value is -1.36. The molecule has 5 saturated carbocycles. The Bertz CT molecular complexity index is 1710. The van der Waals surface area contributed by atoms with Crippen LogP contribution in [0.25, 0.3) is 0 Å². The van der Waals surface area contributed by atoms with Gasteiger partial charge in [0.15, 0.2) is 0 Å². The van der Waals surface area contributed by atoms with Gasteiger partial charge in [0, 0.05) is 23.1 Å². The first-order valence-electron chi connectivity index (χ1n) is 22.2. The molecule has 6 aliphatic carbocycles. The fourth-order valence-corrected chi connectivity index (χ4v) is 19.0. The Kier molecular flexibility index (Phi) is 9.27. The molecule has 286 valence electrons. The van der Waals surface area contributed by atoms with Crippen molar-refractivity contribution >= 4 is 21.6 Å². The van der Waals surface area contributed by atoms with Crippen molar-refractivity contribution in [3.63, 3.8) is 0 Å². The van der Waals surface area contributed by atoms with Gasteiger partial charge >= 0.3 is 0 Å². The van der Waals surface area contributed by atoms with E-state index in [1.807, 2.05) is 0 Å². The molecule has 2 nitrogen and oxygen atoms in total. The van der Waals surface area contributed by atoms with Gasteiger partial charge in [-0.15, -0.1) is 0 Å². The summed E-state index contributed by atoms with van der Waals surface area (Å²) < 4.78 is 0. The predicted octanol–water partition coefficient (Wildman–Crippen LogP) is 12.9. The summed E-state index contributed by atoms with van der Waals surface area (Å²) >= 11 is 0. The van der Waals surface area contributed by atoms with Crippen molar-refractivity contribution < 1.29 is 5.11 Å². The first kappa shape index (κ1) is 36.0. The summed E-state index contributed by atoms with van der Waals surface area (Å²) in [7, 11) is 4.45. The zero-order chi connectivity index (χ0) is 35.9. The van der Waals surface area contributed by atoms with Crippen molar-refractivity contribution in [2.45, 2.75) is 160 Å². The van der Waals surface area contributed by atoms with Gasteiger partial charge < -0.3 is 10.4 Å². The van der Waals surface area contributed by atoms with Crippen LogP contribution >= 0.6 is 21.6 Å². The first-order chi connectivity index (χ1) is 25.6.